The number of pyridine rings is 2. The van der Waals surface area contributed by atoms with Crippen LogP contribution in [0.15, 0.2) is 36.7 Å². The largest absolute Gasteiger partial charge is 0.354 e. The summed E-state index contributed by atoms with van der Waals surface area (Å²) in [5.41, 5.74) is 3.88. The number of nitrogens with zero attached hydrogens (tertiary/aromatic N) is 6. The monoisotopic (exact) mass is 411 g/mol. The number of aromatic amines is 1. The van der Waals surface area contributed by atoms with Gasteiger partial charge in [-0.1, -0.05) is 6.92 Å². The molecule has 1 aliphatic rings. The Morgan fingerprint density at radius 3 is 2.69 bits per heavy atom. The highest BCUT2D eigenvalue weighted by Crippen LogP contribution is 2.30. The van der Waals surface area contributed by atoms with E-state index in [9.17, 15) is 0 Å². The summed E-state index contributed by atoms with van der Waals surface area (Å²) in [4.78, 5) is 22.4. The fourth-order valence-electron chi connectivity index (χ4n) is 3.99. The zero-order valence-corrected chi connectivity index (χ0v) is 17.6. The van der Waals surface area contributed by atoms with Crippen molar-refractivity contribution >= 4 is 40.4 Å². The zero-order chi connectivity index (χ0) is 19.1. The molecule has 0 unspecified atom stereocenters. The molecule has 8 heteroatoms. The lowest BCUT2D eigenvalue weighted by Crippen LogP contribution is -2.44. The number of fused-ring (bicyclic) bond motifs is 2. The van der Waals surface area contributed by atoms with E-state index < -0.39 is 0 Å². The molecular formula is C21H26ClN7. The molecule has 0 atom stereocenters. The molecule has 4 aromatic heterocycles. The number of halogens is 1. The molecule has 0 spiro atoms. The number of aromatic nitrogens is 5. The molecule has 5 heterocycles. The third-order valence-corrected chi connectivity index (χ3v) is 5.54. The van der Waals surface area contributed by atoms with Gasteiger partial charge in [-0.2, -0.15) is 0 Å². The topological polar surface area (TPSA) is 65.9 Å². The molecule has 1 N–H and O–H groups in total. The Balaban J connectivity index is 0.00000205. The summed E-state index contributed by atoms with van der Waals surface area (Å²) in [5.74, 6) is 2.00. The second-order valence-electron chi connectivity index (χ2n) is 7.49. The smallest absolute Gasteiger partial charge is 0.162 e. The summed E-state index contributed by atoms with van der Waals surface area (Å²) in [6.07, 6.45) is 4.84. The van der Waals surface area contributed by atoms with E-state index in [1.165, 1.54) is 0 Å². The average molecular weight is 412 g/mol. The summed E-state index contributed by atoms with van der Waals surface area (Å²) in [6, 6.07) is 8.28. The number of likely N-dealkylation sites (N-methyl/N-ethyl adjacent to an activating group) is 1. The molecule has 5 rings (SSSR count). The first-order valence-electron chi connectivity index (χ1n) is 9.98. The molecule has 0 radical (unpaired) electrons. The first kappa shape index (κ1) is 19.7. The van der Waals surface area contributed by atoms with Crippen LogP contribution in [0, 0.1) is 0 Å². The van der Waals surface area contributed by atoms with E-state index in [1.54, 1.807) is 0 Å². The number of hydrogen-bond acceptors (Lipinski definition) is 5. The number of aryl methyl sites for hydroxylation is 1. The summed E-state index contributed by atoms with van der Waals surface area (Å²) in [5, 5.41) is 1.09. The van der Waals surface area contributed by atoms with Crippen molar-refractivity contribution in [2.45, 2.75) is 19.9 Å². The highest BCUT2D eigenvalue weighted by atomic mass is 35.5. The van der Waals surface area contributed by atoms with Gasteiger partial charge in [0.05, 0.1) is 0 Å². The van der Waals surface area contributed by atoms with E-state index in [0.717, 1.165) is 78.5 Å². The average Bonchev–Trinajstić information content (AvgIpc) is 3.30. The fraction of sp³-hybridized carbons (Fsp3) is 0.381. The lowest BCUT2D eigenvalue weighted by Gasteiger charge is -2.33. The molecular weight excluding hydrogens is 386 g/mol. The van der Waals surface area contributed by atoms with Crippen LogP contribution in [0.2, 0.25) is 0 Å². The van der Waals surface area contributed by atoms with Crippen LogP contribution < -0.4 is 4.90 Å². The molecule has 29 heavy (non-hydrogen) atoms. The van der Waals surface area contributed by atoms with E-state index in [4.69, 9.17) is 9.97 Å². The van der Waals surface area contributed by atoms with E-state index in [-0.39, 0.29) is 12.4 Å². The van der Waals surface area contributed by atoms with E-state index in [2.05, 4.69) is 56.5 Å². The molecule has 1 saturated heterocycles. The van der Waals surface area contributed by atoms with Gasteiger partial charge in [0.1, 0.15) is 22.8 Å². The Hall–Kier alpha value is -2.64. The van der Waals surface area contributed by atoms with Gasteiger partial charge in [0.15, 0.2) is 5.65 Å². The molecule has 0 bridgehead atoms. The van der Waals surface area contributed by atoms with Crippen molar-refractivity contribution < 1.29 is 0 Å². The second kappa shape index (κ2) is 8.00. The number of imidazole rings is 1. The SMILES string of the molecule is CCCn1c(-c2c[nH]c3ncccc23)nc2ccc(N3CCN(C)CC3)nc21.Cl. The van der Waals surface area contributed by atoms with Crippen molar-refractivity contribution in [2.24, 2.45) is 0 Å². The van der Waals surface area contributed by atoms with Crippen LogP contribution in [0.1, 0.15) is 13.3 Å². The number of rotatable bonds is 4. The lowest BCUT2D eigenvalue weighted by atomic mass is 10.2. The minimum atomic E-state index is 0. The molecule has 0 aromatic carbocycles. The zero-order valence-electron chi connectivity index (χ0n) is 16.8. The van der Waals surface area contributed by atoms with Gasteiger partial charge in [-0.25, -0.2) is 15.0 Å². The van der Waals surface area contributed by atoms with Crippen molar-refractivity contribution in [2.75, 3.05) is 38.1 Å². The number of anilines is 1. The number of hydrogen-bond donors (Lipinski definition) is 1. The third kappa shape index (κ3) is 3.45. The Labute approximate surface area is 176 Å². The van der Waals surface area contributed by atoms with Crippen LogP contribution in [-0.2, 0) is 6.54 Å². The van der Waals surface area contributed by atoms with Gasteiger partial charge in [-0.05, 0) is 37.7 Å². The summed E-state index contributed by atoms with van der Waals surface area (Å²) in [7, 11) is 2.17. The van der Waals surface area contributed by atoms with Gasteiger partial charge < -0.3 is 19.4 Å². The van der Waals surface area contributed by atoms with Gasteiger partial charge in [-0.15, -0.1) is 12.4 Å². The molecule has 1 aliphatic heterocycles. The fourth-order valence-corrected chi connectivity index (χ4v) is 3.99. The highest BCUT2D eigenvalue weighted by Gasteiger charge is 2.20. The molecule has 7 nitrogen and oxygen atoms in total. The predicted molar refractivity (Wildman–Crippen MR) is 120 cm³/mol. The number of H-pyrrole nitrogens is 1. The van der Waals surface area contributed by atoms with Gasteiger partial charge >= 0.3 is 0 Å². The van der Waals surface area contributed by atoms with Crippen molar-refractivity contribution in [1.29, 1.82) is 0 Å². The molecule has 0 amide bonds. The Morgan fingerprint density at radius 1 is 1.07 bits per heavy atom. The minimum absolute atomic E-state index is 0. The maximum absolute atomic E-state index is 5.04. The van der Waals surface area contributed by atoms with Crippen molar-refractivity contribution in [3.8, 4) is 11.4 Å². The van der Waals surface area contributed by atoms with E-state index in [0.29, 0.717) is 0 Å². The Bertz CT molecular complexity index is 1120. The van der Waals surface area contributed by atoms with Crippen LogP contribution in [0.4, 0.5) is 5.82 Å². The first-order chi connectivity index (χ1) is 13.7. The first-order valence-corrected chi connectivity index (χ1v) is 9.98. The lowest BCUT2D eigenvalue weighted by molar-refractivity contribution is 0.312. The molecule has 1 fully saturated rings. The molecule has 0 aliphatic carbocycles. The van der Waals surface area contributed by atoms with Crippen LogP contribution >= 0.6 is 12.4 Å². The van der Waals surface area contributed by atoms with Crippen molar-refractivity contribution in [3.05, 3.63) is 36.7 Å². The van der Waals surface area contributed by atoms with Crippen LogP contribution in [0.25, 0.3) is 33.6 Å². The summed E-state index contributed by atoms with van der Waals surface area (Å²) < 4.78 is 2.25. The normalized spacial score (nSPS) is 15.2. The molecule has 0 saturated carbocycles. The highest BCUT2D eigenvalue weighted by molar-refractivity contribution is 5.93. The van der Waals surface area contributed by atoms with E-state index >= 15 is 0 Å². The van der Waals surface area contributed by atoms with Crippen LogP contribution in [-0.4, -0.2) is 62.6 Å². The number of piperazine rings is 1. The van der Waals surface area contributed by atoms with Crippen molar-refractivity contribution in [1.82, 2.24) is 29.4 Å². The Kier molecular flexibility index (Phi) is 5.43. The quantitative estimate of drug-likeness (QED) is 0.556. The van der Waals surface area contributed by atoms with E-state index in [1.807, 2.05) is 18.5 Å². The van der Waals surface area contributed by atoms with Gasteiger partial charge in [0, 0.05) is 56.1 Å². The number of nitrogens with one attached hydrogen (secondary N) is 1. The second-order valence-corrected chi connectivity index (χ2v) is 7.49. The minimum Gasteiger partial charge on any atom is -0.354 e. The summed E-state index contributed by atoms with van der Waals surface area (Å²) in [6.45, 7) is 7.24. The van der Waals surface area contributed by atoms with Gasteiger partial charge in [-0.3, -0.25) is 0 Å². The van der Waals surface area contributed by atoms with Crippen LogP contribution in [0.3, 0.4) is 0 Å². The maximum Gasteiger partial charge on any atom is 0.162 e. The molecule has 152 valence electrons. The predicted octanol–water partition coefficient (Wildman–Crippen LogP) is 3.56. The summed E-state index contributed by atoms with van der Waals surface area (Å²) >= 11 is 0. The standard InChI is InChI=1S/C21H25N7.ClH/c1-3-9-28-20(16-14-23-19-15(16)5-4-8-22-19)24-17-6-7-18(25-21(17)28)27-12-10-26(2)11-13-27;/h4-8,14H,3,9-13H2,1-2H3,(H,22,23);1H. The van der Waals surface area contributed by atoms with Crippen LogP contribution in [0.5, 0.6) is 0 Å². The van der Waals surface area contributed by atoms with Crippen molar-refractivity contribution in [3.63, 3.8) is 0 Å². The Morgan fingerprint density at radius 2 is 1.90 bits per heavy atom. The van der Waals surface area contributed by atoms with Gasteiger partial charge in [0.2, 0.25) is 0 Å². The maximum atomic E-state index is 5.04. The molecule has 4 aromatic rings. The third-order valence-electron chi connectivity index (χ3n) is 5.54. The van der Waals surface area contributed by atoms with Gasteiger partial charge in [0.25, 0.3) is 0 Å².